The van der Waals surface area contributed by atoms with E-state index in [1.807, 2.05) is 20.8 Å². The quantitative estimate of drug-likeness (QED) is 0.777. The van der Waals surface area contributed by atoms with Gasteiger partial charge in [-0.15, -0.1) is 0 Å². The third-order valence-corrected chi connectivity index (χ3v) is 3.13. The fourth-order valence-electron chi connectivity index (χ4n) is 1.00. The maximum Gasteiger partial charge on any atom is 0.329 e. The molecule has 0 fully saturated rings. The molecule has 15 heavy (non-hydrogen) atoms. The van der Waals surface area contributed by atoms with E-state index in [9.17, 15) is 9.59 Å². The van der Waals surface area contributed by atoms with Gasteiger partial charge in [0.2, 0.25) is 5.91 Å². The highest BCUT2D eigenvalue weighted by atomic mass is 16.4. The van der Waals surface area contributed by atoms with Crippen molar-refractivity contribution in [2.45, 2.75) is 46.6 Å². The van der Waals surface area contributed by atoms with Gasteiger partial charge >= 0.3 is 5.97 Å². The van der Waals surface area contributed by atoms with E-state index in [0.29, 0.717) is 6.42 Å². The van der Waals surface area contributed by atoms with Crippen molar-refractivity contribution in [2.75, 3.05) is 7.05 Å². The monoisotopic (exact) mass is 215 g/mol. The Balaban J connectivity index is 4.96. The molecule has 0 saturated heterocycles. The fourth-order valence-corrected chi connectivity index (χ4v) is 1.00. The van der Waals surface area contributed by atoms with Gasteiger partial charge in [0.15, 0.2) is 0 Å². The summed E-state index contributed by atoms with van der Waals surface area (Å²) in [7, 11) is 1.54. The average molecular weight is 215 g/mol. The molecule has 0 aliphatic rings. The third-order valence-electron chi connectivity index (χ3n) is 3.13. The lowest BCUT2D eigenvalue weighted by atomic mass is 9.87. The average Bonchev–Trinajstić information content (AvgIpc) is 2.15. The molecule has 4 nitrogen and oxygen atoms in total. The highest BCUT2D eigenvalue weighted by Crippen LogP contribution is 2.26. The molecule has 0 radical (unpaired) electrons. The van der Waals surface area contributed by atoms with Gasteiger partial charge in [-0.2, -0.15) is 0 Å². The van der Waals surface area contributed by atoms with E-state index in [4.69, 9.17) is 5.11 Å². The first kappa shape index (κ1) is 13.9. The highest BCUT2D eigenvalue weighted by molar-refractivity contribution is 5.88. The normalized spacial score (nSPS) is 12.4. The first-order chi connectivity index (χ1) is 6.57. The van der Waals surface area contributed by atoms with Crippen LogP contribution in [0.3, 0.4) is 0 Å². The minimum absolute atomic E-state index is 0.141. The van der Waals surface area contributed by atoms with Crippen LogP contribution in [0.15, 0.2) is 0 Å². The van der Waals surface area contributed by atoms with E-state index in [2.05, 4.69) is 0 Å². The molecule has 0 heterocycles. The highest BCUT2D eigenvalue weighted by Gasteiger charge is 2.40. The number of carboxylic acids is 1. The molecule has 0 unspecified atom stereocenters. The Bertz CT molecular complexity index is 269. The van der Waals surface area contributed by atoms with Crippen LogP contribution in [-0.2, 0) is 9.59 Å². The Morgan fingerprint density at radius 3 is 1.87 bits per heavy atom. The minimum Gasteiger partial charge on any atom is -0.480 e. The van der Waals surface area contributed by atoms with E-state index in [0.717, 1.165) is 0 Å². The van der Waals surface area contributed by atoms with Gasteiger partial charge in [0.1, 0.15) is 5.54 Å². The second kappa shape index (κ2) is 4.21. The van der Waals surface area contributed by atoms with Crippen molar-refractivity contribution < 1.29 is 14.7 Å². The number of rotatable bonds is 4. The first-order valence-corrected chi connectivity index (χ1v) is 5.09. The molecule has 0 spiro atoms. The molecule has 0 aromatic carbocycles. The summed E-state index contributed by atoms with van der Waals surface area (Å²) in [5.74, 6) is -1.14. The fraction of sp³-hybridized carbons (Fsp3) is 0.818. The number of carbonyl (C=O) groups is 2. The van der Waals surface area contributed by atoms with Crippen molar-refractivity contribution >= 4 is 11.9 Å². The second-order valence-electron chi connectivity index (χ2n) is 4.97. The van der Waals surface area contributed by atoms with Crippen LogP contribution in [0.1, 0.15) is 41.0 Å². The van der Waals surface area contributed by atoms with E-state index in [1.165, 1.54) is 25.8 Å². The van der Waals surface area contributed by atoms with E-state index in [-0.39, 0.29) is 5.91 Å². The van der Waals surface area contributed by atoms with Gasteiger partial charge < -0.3 is 10.0 Å². The van der Waals surface area contributed by atoms with Crippen molar-refractivity contribution in [2.24, 2.45) is 5.41 Å². The Kier molecular flexibility index (Phi) is 3.91. The van der Waals surface area contributed by atoms with Gasteiger partial charge in [-0.25, -0.2) is 4.79 Å². The number of carbonyl (C=O) groups excluding carboxylic acids is 1. The van der Waals surface area contributed by atoms with Crippen molar-refractivity contribution in [1.82, 2.24) is 4.90 Å². The zero-order chi connectivity index (χ0) is 12.4. The van der Waals surface area contributed by atoms with Crippen LogP contribution in [-0.4, -0.2) is 34.5 Å². The van der Waals surface area contributed by atoms with Crippen LogP contribution >= 0.6 is 0 Å². The standard InChI is InChI=1S/C11H21NO3/c1-7-10(2,3)8(13)12(6)11(4,5)9(14)15/h7H2,1-6H3,(H,14,15). The van der Waals surface area contributed by atoms with Crippen LogP contribution in [0.2, 0.25) is 0 Å². The molecule has 0 bridgehead atoms. The lowest BCUT2D eigenvalue weighted by Gasteiger charge is -2.37. The van der Waals surface area contributed by atoms with Crippen LogP contribution in [0.5, 0.6) is 0 Å². The minimum atomic E-state index is -1.16. The molecule has 0 rings (SSSR count). The summed E-state index contributed by atoms with van der Waals surface area (Å²) in [5, 5.41) is 9.01. The summed E-state index contributed by atoms with van der Waals surface area (Å²) in [4.78, 5) is 24.3. The molecular formula is C11H21NO3. The molecule has 88 valence electrons. The number of hydrogen-bond acceptors (Lipinski definition) is 2. The molecule has 0 aliphatic heterocycles. The molecule has 0 aromatic heterocycles. The summed E-state index contributed by atoms with van der Waals surface area (Å²) < 4.78 is 0. The van der Waals surface area contributed by atoms with Gasteiger partial charge in [0.25, 0.3) is 0 Å². The lowest BCUT2D eigenvalue weighted by molar-refractivity contribution is -0.159. The second-order valence-corrected chi connectivity index (χ2v) is 4.97. The van der Waals surface area contributed by atoms with Crippen LogP contribution < -0.4 is 0 Å². The molecule has 1 N–H and O–H groups in total. The molecule has 0 atom stereocenters. The predicted octanol–water partition coefficient (Wildman–Crippen LogP) is 1.74. The lowest BCUT2D eigenvalue weighted by Crippen LogP contribution is -2.54. The van der Waals surface area contributed by atoms with Crippen LogP contribution in [0, 0.1) is 5.41 Å². The summed E-state index contributed by atoms with van der Waals surface area (Å²) in [5.41, 5.74) is -1.68. The van der Waals surface area contributed by atoms with Gasteiger partial charge in [0.05, 0.1) is 0 Å². The van der Waals surface area contributed by atoms with Gasteiger partial charge in [-0.3, -0.25) is 4.79 Å². The third kappa shape index (κ3) is 2.70. The number of amides is 1. The number of aliphatic carboxylic acids is 1. The van der Waals surface area contributed by atoms with E-state index < -0.39 is 16.9 Å². The smallest absolute Gasteiger partial charge is 0.329 e. The van der Waals surface area contributed by atoms with Crippen molar-refractivity contribution in [1.29, 1.82) is 0 Å². The van der Waals surface area contributed by atoms with Crippen molar-refractivity contribution in [3.05, 3.63) is 0 Å². The molecule has 1 amide bonds. The molecule has 0 aromatic rings. The number of hydrogen-bond donors (Lipinski definition) is 1. The summed E-state index contributed by atoms with van der Waals surface area (Å²) >= 11 is 0. The number of likely N-dealkylation sites (N-methyl/N-ethyl adjacent to an activating group) is 1. The van der Waals surface area contributed by atoms with E-state index in [1.54, 1.807) is 0 Å². The summed E-state index contributed by atoms with van der Waals surface area (Å²) in [6, 6.07) is 0. The molecule has 0 aliphatic carbocycles. The van der Waals surface area contributed by atoms with E-state index >= 15 is 0 Å². The molecular weight excluding hydrogens is 194 g/mol. The number of nitrogens with zero attached hydrogens (tertiary/aromatic N) is 1. The Labute approximate surface area is 91.3 Å². The zero-order valence-corrected chi connectivity index (χ0v) is 10.4. The Morgan fingerprint density at radius 2 is 1.60 bits per heavy atom. The van der Waals surface area contributed by atoms with Gasteiger partial charge in [-0.05, 0) is 20.3 Å². The van der Waals surface area contributed by atoms with Crippen LogP contribution in [0.4, 0.5) is 0 Å². The first-order valence-electron chi connectivity index (χ1n) is 5.09. The largest absolute Gasteiger partial charge is 0.480 e. The maximum absolute atomic E-state index is 12.0. The van der Waals surface area contributed by atoms with Crippen LogP contribution in [0.25, 0.3) is 0 Å². The molecule has 4 heteroatoms. The van der Waals surface area contributed by atoms with Gasteiger partial charge in [-0.1, -0.05) is 20.8 Å². The summed E-state index contributed by atoms with van der Waals surface area (Å²) in [6.07, 6.45) is 0.686. The topological polar surface area (TPSA) is 57.6 Å². The predicted molar refractivity (Wildman–Crippen MR) is 58.6 cm³/mol. The molecule has 0 saturated carbocycles. The number of carboxylic acid groups (broad SMARTS) is 1. The Hall–Kier alpha value is -1.06. The zero-order valence-electron chi connectivity index (χ0n) is 10.4. The van der Waals surface area contributed by atoms with Crippen molar-refractivity contribution in [3.63, 3.8) is 0 Å². The Morgan fingerprint density at radius 1 is 1.20 bits per heavy atom. The SMILES string of the molecule is CCC(C)(C)C(=O)N(C)C(C)(C)C(=O)O. The summed E-state index contributed by atoms with van der Waals surface area (Å²) in [6.45, 7) is 8.62. The van der Waals surface area contributed by atoms with Crippen molar-refractivity contribution in [3.8, 4) is 0 Å². The maximum atomic E-state index is 12.0. The van der Waals surface area contributed by atoms with Gasteiger partial charge in [0, 0.05) is 12.5 Å².